The van der Waals surface area contributed by atoms with Gasteiger partial charge in [-0.1, -0.05) is 22.9 Å². The highest BCUT2D eigenvalue weighted by atomic mass is 35.5. The molecule has 3 aromatic rings. The summed E-state index contributed by atoms with van der Waals surface area (Å²) in [4.78, 5) is 26.5. The van der Waals surface area contributed by atoms with E-state index in [2.05, 4.69) is 4.98 Å². The van der Waals surface area contributed by atoms with Crippen LogP contribution in [0.25, 0.3) is 10.9 Å². The average Bonchev–Trinajstić information content (AvgIpc) is 3.09. The molecule has 0 aliphatic rings. The van der Waals surface area contributed by atoms with Gasteiger partial charge >= 0.3 is 11.0 Å². The van der Waals surface area contributed by atoms with E-state index >= 15 is 0 Å². The number of ether oxygens (including phenoxy) is 2. The van der Waals surface area contributed by atoms with Crippen LogP contribution in [0, 0.1) is 10.1 Å². The van der Waals surface area contributed by atoms with Crippen molar-refractivity contribution in [1.82, 2.24) is 4.98 Å². The Morgan fingerprint density at radius 3 is 2.80 bits per heavy atom. The zero-order valence-electron chi connectivity index (χ0n) is 12.9. The monoisotopic (exact) mass is 378 g/mol. The number of fused-ring (bicyclic) bond motifs is 1. The molecule has 9 heteroatoms. The predicted octanol–water partition coefficient (Wildman–Crippen LogP) is 4.22. The zero-order chi connectivity index (χ0) is 18.0. The van der Waals surface area contributed by atoms with Gasteiger partial charge in [-0.25, -0.2) is 9.78 Å². The molecule has 128 valence electrons. The maximum Gasteiger partial charge on any atom is 0.348 e. The first kappa shape index (κ1) is 17.1. The number of halogens is 1. The van der Waals surface area contributed by atoms with Gasteiger partial charge in [-0.3, -0.25) is 10.1 Å². The van der Waals surface area contributed by atoms with Crippen molar-refractivity contribution < 1.29 is 19.2 Å². The molecular formula is C16H11ClN2O5S. The van der Waals surface area contributed by atoms with Crippen molar-refractivity contribution >= 4 is 44.8 Å². The molecule has 0 saturated carbocycles. The van der Waals surface area contributed by atoms with Gasteiger partial charge in [0.2, 0.25) is 0 Å². The second kappa shape index (κ2) is 7.04. The van der Waals surface area contributed by atoms with Crippen molar-refractivity contribution in [2.45, 2.75) is 6.61 Å². The van der Waals surface area contributed by atoms with Gasteiger partial charge in [-0.15, -0.1) is 0 Å². The summed E-state index contributed by atoms with van der Waals surface area (Å²) in [6.45, 7) is -0.0850. The van der Waals surface area contributed by atoms with Gasteiger partial charge in [0, 0.05) is 23.1 Å². The van der Waals surface area contributed by atoms with Gasteiger partial charge in [-0.2, -0.15) is 0 Å². The molecule has 0 bridgehead atoms. The number of benzene rings is 1. The van der Waals surface area contributed by atoms with Crippen molar-refractivity contribution in [2.24, 2.45) is 0 Å². The number of aromatic nitrogens is 1. The first-order valence-electron chi connectivity index (χ1n) is 7.02. The van der Waals surface area contributed by atoms with E-state index in [0.29, 0.717) is 16.8 Å². The first-order valence-corrected chi connectivity index (χ1v) is 8.22. The van der Waals surface area contributed by atoms with Crippen molar-refractivity contribution in [3.8, 4) is 5.75 Å². The molecule has 0 aliphatic heterocycles. The van der Waals surface area contributed by atoms with Crippen LogP contribution in [0.4, 0.5) is 5.00 Å². The summed E-state index contributed by atoms with van der Waals surface area (Å²) in [5.74, 6) is 0.0125. The standard InChI is InChI=1S/C16H11ClN2O5S/c1-23-11-3-2-9-6-10(15(17)18-12(9)7-11)8-24-16(20)13-4-5-14(25-13)19(21)22/h2-7H,8H2,1H3. The van der Waals surface area contributed by atoms with Gasteiger partial charge in [-0.05, 0) is 24.3 Å². The third-order valence-electron chi connectivity index (χ3n) is 3.38. The Bertz CT molecular complexity index is 972. The number of carbonyl (C=O) groups is 1. The van der Waals surface area contributed by atoms with Crippen LogP contribution >= 0.6 is 22.9 Å². The van der Waals surface area contributed by atoms with Gasteiger partial charge in [0.05, 0.1) is 17.5 Å². The van der Waals surface area contributed by atoms with Crippen LogP contribution in [0.1, 0.15) is 15.2 Å². The van der Waals surface area contributed by atoms with Crippen molar-refractivity contribution in [3.05, 3.63) is 62.1 Å². The number of nitrogens with zero attached hydrogens (tertiary/aromatic N) is 2. The molecule has 2 aromatic heterocycles. The number of rotatable bonds is 5. The molecule has 0 aliphatic carbocycles. The molecule has 0 saturated heterocycles. The Labute approximate surface area is 150 Å². The Kier molecular flexibility index (Phi) is 4.82. The van der Waals surface area contributed by atoms with Crippen molar-refractivity contribution in [1.29, 1.82) is 0 Å². The third kappa shape index (κ3) is 3.70. The number of hydrogen-bond donors (Lipinski definition) is 0. The second-order valence-electron chi connectivity index (χ2n) is 4.97. The highest BCUT2D eigenvalue weighted by Gasteiger charge is 2.17. The fourth-order valence-electron chi connectivity index (χ4n) is 2.15. The summed E-state index contributed by atoms with van der Waals surface area (Å²) in [5, 5.41) is 11.6. The molecule has 3 rings (SSSR count). The van der Waals surface area contributed by atoms with Crippen molar-refractivity contribution in [2.75, 3.05) is 7.11 Å². The molecule has 0 radical (unpaired) electrons. The summed E-state index contributed by atoms with van der Waals surface area (Å²) in [6.07, 6.45) is 0. The molecule has 0 atom stereocenters. The van der Waals surface area contributed by atoms with Crippen LogP contribution in [0.3, 0.4) is 0 Å². The number of thiophene rings is 1. The SMILES string of the molecule is COc1ccc2cc(COC(=O)c3ccc([N+](=O)[O-])s3)c(Cl)nc2c1. The van der Waals surface area contributed by atoms with Crippen LogP contribution in [-0.4, -0.2) is 23.0 Å². The van der Waals surface area contributed by atoms with Gasteiger partial charge < -0.3 is 9.47 Å². The van der Waals surface area contributed by atoms with E-state index in [0.717, 1.165) is 16.7 Å². The highest BCUT2D eigenvalue weighted by molar-refractivity contribution is 7.17. The maximum atomic E-state index is 12.0. The molecule has 2 heterocycles. The van der Waals surface area contributed by atoms with E-state index in [1.165, 1.54) is 12.1 Å². The lowest BCUT2D eigenvalue weighted by Gasteiger charge is -2.08. The summed E-state index contributed by atoms with van der Waals surface area (Å²) < 4.78 is 10.3. The summed E-state index contributed by atoms with van der Waals surface area (Å²) >= 11 is 6.90. The van der Waals surface area contributed by atoms with Gasteiger partial charge in [0.15, 0.2) is 0 Å². The van der Waals surface area contributed by atoms with E-state index < -0.39 is 10.9 Å². The first-order chi connectivity index (χ1) is 12.0. The lowest BCUT2D eigenvalue weighted by atomic mass is 10.1. The maximum absolute atomic E-state index is 12.0. The topological polar surface area (TPSA) is 91.6 Å². The highest BCUT2D eigenvalue weighted by Crippen LogP contribution is 2.27. The summed E-state index contributed by atoms with van der Waals surface area (Å²) in [7, 11) is 1.56. The van der Waals surface area contributed by atoms with Crippen LogP contribution < -0.4 is 4.74 Å². The summed E-state index contributed by atoms with van der Waals surface area (Å²) in [5.41, 5.74) is 1.20. The Morgan fingerprint density at radius 2 is 2.12 bits per heavy atom. The number of nitro groups is 1. The third-order valence-corrected chi connectivity index (χ3v) is 4.73. The van der Waals surface area contributed by atoms with Crippen LogP contribution in [-0.2, 0) is 11.3 Å². The minimum absolute atomic E-state index is 0.0850. The van der Waals surface area contributed by atoms with Crippen LogP contribution in [0.15, 0.2) is 36.4 Å². The fourth-order valence-corrected chi connectivity index (χ4v) is 3.06. The Hall–Kier alpha value is -2.71. The number of carbonyl (C=O) groups excluding carboxylic acids is 1. The normalized spacial score (nSPS) is 10.6. The number of pyridine rings is 1. The van der Waals surface area contributed by atoms with E-state index in [4.69, 9.17) is 21.1 Å². The fraction of sp³-hybridized carbons (Fsp3) is 0.125. The van der Waals surface area contributed by atoms with Crippen LogP contribution in [0.2, 0.25) is 5.15 Å². The second-order valence-corrected chi connectivity index (χ2v) is 6.39. The molecule has 25 heavy (non-hydrogen) atoms. The lowest BCUT2D eigenvalue weighted by Crippen LogP contribution is -2.04. The minimum Gasteiger partial charge on any atom is -0.497 e. The van der Waals surface area contributed by atoms with Crippen molar-refractivity contribution in [3.63, 3.8) is 0 Å². The quantitative estimate of drug-likeness (QED) is 0.285. The smallest absolute Gasteiger partial charge is 0.348 e. The minimum atomic E-state index is -0.649. The Morgan fingerprint density at radius 1 is 1.32 bits per heavy atom. The van der Waals surface area contributed by atoms with E-state index in [-0.39, 0.29) is 21.6 Å². The number of methoxy groups -OCH3 is 1. The van der Waals surface area contributed by atoms with E-state index in [1.807, 2.05) is 6.07 Å². The van der Waals surface area contributed by atoms with Gasteiger partial charge in [0.1, 0.15) is 22.4 Å². The molecule has 7 nitrogen and oxygen atoms in total. The predicted molar refractivity (Wildman–Crippen MR) is 93.4 cm³/mol. The average molecular weight is 379 g/mol. The molecule has 1 aromatic carbocycles. The van der Waals surface area contributed by atoms with Crippen LogP contribution in [0.5, 0.6) is 5.75 Å². The zero-order valence-corrected chi connectivity index (χ0v) is 14.5. The summed E-state index contributed by atoms with van der Waals surface area (Å²) in [6, 6.07) is 9.76. The Balaban J connectivity index is 1.76. The number of hydrogen-bond acceptors (Lipinski definition) is 7. The molecule has 0 fully saturated rings. The number of esters is 1. The van der Waals surface area contributed by atoms with E-state index in [1.54, 1.807) is 25.3 Å². The van der Waals surface area contributed by atoms with Gasteiger partial charge in [0.25, 0.3) is 0 Å². The van der Waals surface area contributed by atoms with E-state index in [9.17, 15) is 14.9 Å². The lowest BCUT2D eigenvalue weighted by molar-refractivity contribution is -0.380. The molecule has 0 unspecified atom stereocenters. The molecule has 0 N–H and O–H groups in total. The largest absolute Gasteiger partial charge is 0.497 e. The molecule has 0 spiro atoms. The molecule has 0 amide bonds. The molecular weight excluding hydrogens is 368 g/mol.